The molecule has 4 nitrogen and oxygen atoms in total. The normalized spacial score (nSPS) is 18.7. The summed E-state index contributed by atoms with van der Waals surface area (Å²) in [5.74, 6) is 0.881. The minimum atomic E-state index is 0.107. The number of likely N-dealkylation sites (N-methyl/N-ethyl adjacent to an activating group) is 1. The summed E-state index contributed by atoms with van der Waals surface area (Å²) in [6.45, 7) is 3.68. The van der Waals surface area contributed by atoms with Crippen LogP contribution in [0.25, 0.3) is 0 Å². The second kappa shape index (κ2) is 6.06. The first-order chi connectivity index (χ1) is 9.17. The highest BCUT2D eigenvalue weighted by atomic mass is 16.5. The molecule has 1 N–H and O–H groups in total. The van der Waals surface area contributed by atoms with Crippen molar-refractivity contribution in [3.05, 3.63) is 29.3 Å². The summed E-state index contributed by atoms with van der Waals surface area (Å²) >= 11 is 0. The summed E-state index contributed by atoms with van der Waals surface area (Å²) in [5.41, 5.74) is 1.76. The Kier molecular flexibility index (Phi) is 4.43. The van der Waals surface area contributed by atoms with Gasteiger partial charge in [-0.05, 0) is 44.5 Å². The van der Waals surface area contributed by atoms with Crippen LogP contribution in [0.5, 0.6) is 5.75 Å². The molecular weight excluding hydrogens is 240 g/mol. The van der Waals surface area contributed by atoms with Crippen molar-refractivity contribution < 1.29 is 9.53 Å². The lowest BCUT2D eigenvalue weighted by molar-refractivity contribution is 0.0736. The molecule has 1 amide bonds. The largest absolute Gasteiger partial charge is 0.496 e. The molecule has 1 unspecified atom stereocenters. The summed E-state index contributed by atoms with van der Waals surface area (Å²) in [6, 6.07) is 5.97. The fourth-order valence-corrected chi connectivity index (χ4v) is 2.67. The molecule has 2 rings (SSSR count). The highest BCUT2D eigenvalue weighted by molar-refractivity contribution is 5.95. The average molecular weight is 262 g/mol. The van der Waals surface area contributed by atoms with Crippen LogP contribution < -0.4 is 10.1 Å². The number of carbonyl (C=O) groups is 1. The lowest BCUT2D eigenvalue weighted by atomic mass is 10.1. The lowest BCUT2D eigenvalue weighted by Gasteiger charge is -2.24. The summed E-state index contributed by atoms with van der Waals surface area (Å²) in [4.78, 5) is 14.5. The van der Waals surface area contributed by atoms with Crippen molar-refractivity contribution in [3.8, 4) is 5.75 Å². The van der Waals surface area contributed by atoms with Gasteiger partial charge in [-0.1, -0.05) is 6.07 Å². The van der Waals surface area contributed by atoms with E-state index in [0.717, 1.165) is 37.2 Å². The van der Waals surface area contributed by atoms with Crippen LogP contribution in [-0.4, -0.2) is 44.1 Å². The Hall–Kier alpha value is -1.55. The molecule has 104 valence electrons. The molecular formula is C15H22N2O2. The van der Waals surface area contributed by atoms with Gasteiger partial charge in [0, 0.05) is 24.7 Å². The quantitative estimate of drug-likeness (QED) is 0.900. The average Bonchev–Trinajstić information content (AvgIpc) is 2.87. The van der Waals surface area contributed by atoms with Crippen molar-refractivity contribution in [2.75, 3.05) is 27.2 Å². The minimum absolute atomic E-state index is 0.107. The fraction of sp³-hybridized carbons (Fsp3) is 0.533. The maximum atomic E-state index is 12.6. The number of methoxy groups -OCH3 is 1. The van der Waals surface area contributed by atoms with Crippen LogP contribution in [0.1, 0.15) is 28.8 Å². The van der Waals surface area contributed by atoms with Gasteiger partial charge in [-0.15, -0.1) is 0 Å². The first kappa shape index (κ1) is 13.9. The maximum absolute atomic E-state index is 12.6. The standard InChI is InChI=1S/C15H22N2O2/c1-11-6-7-12(9-14(11)19-3)15(18)17-8-4-5-13(17)10-16-2/h6-7,9,13,16H,4-5,8,10H2,1-3H3. The van der Waals surface area contributed by atoms with E-state index in [1.54, 1.807) is 7.11 Å². The third kappa shape index (κ3) is 2.89. The zero-order chi connectivity index (χ0) is 13.8. The number of aryl methyl sites for hydroxylation is 1. The van der Waals surface area contributed by atoms with Crippen molar-refractivity contribution in [3.63, 3.8) is 0 Å². The van der Waals surface area contributed by atoms with E-state index >= 15 is 0 Å². The number of rotatable bonds is 4. The number of nitrogens with one attached hydrogen (secondary N) is 1. The number of benzene rings is 1. The van der Waals surface area contributed by atoms with Gasteiger partial charge in [-0.2, -0.15) is 0 Å². The molecule has 1 heterocycles. The van der Waals surface area contributed by atoms with Gasteiger partial charge in [-0.25, -0.2) is 0 Å². The lowest BCUT2D eigenvalue weighted by Crippen LogP contribution is -2.40. The maximum Gasteiger partial charge on any atom is 0.254 e. The second-order valence-electron chi connectivity index (χ2n) is 5.04. The monoisotopic (exact) mass is 262 g/mol. The summed E-state index contributed by atoms with van der Waals surface area (Å²) in [5, 5.41) is 3.16. The van der Waals surface area contributed by atoms with Gasteiger partial charge < -0.3 is 15.0 Å². The molecule has 1 aromatic rings. The summed E-state index contributed by atoms with van der Waals surface area (Å²) in [6.07, 6.45) is 2.16. The molecule has 19 heavy (non-hydrogen) atoms. The first-order valence-electron chi connectivity index (χ1n) is 6.77. The topological polar surface area (TPSA) is 41.6 Å². The zero-order valence-corrected chi connectivity index (χ0v) is 11.9. The number of ether oxygens (including phenoxy) is 1. The second-order valence-corrected chi connectivity index (χ2v) is 5.04. The molecule has 0 bridgehead atoms. The van der Waals surface area contributed by atoms with Crippen molar-refractivity contribution >= 4 is 5.91 Å². The third-order valence-corrected chi connectivity index (χ3v) is 3.73. The van der Waals surface area contributed by atoms with E-state index in [4.69, 9.17) is 4.74 Å². The smallest absolute Gasteiger partial charge is 0.254 e. The van der Waals surface area contributed by atoms with Gasteiger partial charge in [0.1, 0.15) is 5.75 Å². The number of hydrogen-bond donors (Lipinski definition) is 1. The highest BCUT2D eigenvalue weighted by Gasteiger charge is 2.28. The molecule has 1 aliphatic heterocycles. The van der Waals surface area contributed by atoms with Crippen LogP contribution in [0.2, 0.25) is 0 Å². The van der Waals surface area contributed by atoms with E-state index in [2.05, 4.69) is 5.32 Å². The van der Waals surface area contributed by atoms with Gasteiger partial charge >= 0.3 is 0 Å². The number of hydrogen-bond acceptors (Lipinski definition) is 3. The van der Waals surface area contributed by atoms with Gasteiger partial charge in [0.2, 0.25) is 0 Å². The number of carbonyl (C=O) groups excluding carboxylic acids is 1. The molecule has 1 aromatic carbocycles. The molecule has 0 spiro atoms. The number of likely N-dealkylation sites (tertiary alicyclic amines) is 1. The number of amides is 1. The predicted octanol–water partition coefficient (Wildman–Crippen LogP) is 1.83. The van der Waals surface area contributed by atoms with Crippen LogP contribution in [0.4, 0.5) is 0 Å². The number of nitrogens with zero attached hydrogens (tertiary/aromatic N) is 1. The van der Waals surface area contributed by atoms with E-state index in [1.807, 2.05) is 37.1 Å². The van der Waals surface area contributed by atoms with Crippen LogP contribution in [0.15, 0.2) is 18.2 Å². The molecule has 0 saturated carbocycles. The van der Waals surface area contributed by atoms with E-state index in [-0.39, 0.29) is 5.91 Å². The predicted molar refractivity (Wildman–Crippen MR) is 75.7 cm³/mol. The molecule has 0 aromatic heterocycles. The van der Waals surface area contributed by atoms with Gasteiger partial charge in [0.15, 0.2) is 0 Å². The SMILES string of the molecule is CNCC1CCCN1C(=O)c1ccc(C)c(OC)c1. The Bertz CT molecular complexity index is 459. The molecule has 1 aliphatic rings. The Morgan fingerprint density at radius 2 is 2.32 bits per heavy atom. The van der Waals surface area contributed by atoms with E-state index in [1.165, 1.54) is 0 Å². The fourth-order valence-electron chi connectivity index (χ4n) is 2.67. The Morgan fingerprint density at radius 1 is 1.53 bits per heavy atom. The van der Waals surface area contributed by atoms with Crippen LogP contribution in [0, 0.1) is 6.92 Å². The van der Waals surface area contributed by atoms with Crippen LogP contribution >= 0.6 is 0 Å². The highest BCUT2D eigenvalue weighted by Crippen LogP contribution is 2.23. The third-order valence-electron chi connectivity index (χ3n) is 3.73. The molecule has 0 aliphatic carbocycles. The summed E-state index contributed by atoms with van der Waals surface area (Å²) < 4.78 is 5.29. The Morgan fingerprint density at radius 3 is 3.00 bits per heavy atom. The summed E-state index contributed by atoms with van der Waals surface area (Å²) in [7, 11) is 3.56. The van der Waals surface area contributed by atoms with Gasteiger partial charge in [0.25, 0.3) is 5.91 Å². The zero-order valence-electron chi connectivity index (χ0n) is 11.9. The Labute approximate surface area is 114 Å². The van der Waals surface area contributed by atoms with Gasteiger partial charge in [-0.3, -0.25) is 4.79 Å². The molecule has 1 fully saturated rings. The van der Waals surface area contributed by atoms with E-state index < -0.39 is 0 Å². The van der Waals surface area contributed by atoms with Crippen LogP contribution in [-0.2, 0) is 0 Å². The van der Waals surface area contributed by atoms with Crippen LogP contribution in [0.3, 0.4) is 0 Å². The van der Waals surface area contributed by atoms with Crippen molar-refractivity contribution in [2.45, 2.75) is 25.8 Å². The Balaban J connectivity index is 2.19. The van der Waals surface area contributed by atoms with Gasteiger partial charge in [0.05, 0.1) is 7.11 Å². The van der Waals surface area contributed by atoms with E-state index in [9.17, 15) is 4.79 Å². The molecule has 4 heteroatoms. The van der Waals surface area contributed by atoms with Crippen molar-refractivity contribution in [1.29, 1.82) is 0 Å². The molecule has 0 radical (unpaired) electrons. The first-order valence-corrected chi connectivity index (χ1v) is 6.77. The molecule has 1 saturated heterocycles. The van der Waals surface area contributed by atoms with E-state index in [0.29, 0.717) is 11.6 Å². The molecule has 1 atom stereocenters. The minimum Gasteiger partial charge on any atom is -0.496 e. The van der Waals surface area contributed by atoms with Crippen molar-refractivity contribution in [2.24, 2.45) is 0 Å². The van der Waals surface area contributed by atoms with Crippen molar-refractivity contribution in [1.82, 2.24) is 10.2 Å².